The van der Waals surface area contributed by atoms with Gasteiger partial charge in [0, 0.05) is 11.1 Å². The molecule has 3 aromatic rings. The third-order valence-corrected chi connectivity index (χ3v) is 3.37. The monoisotopic (exact) mass is 318 g/mol. The van der Waals surface area contributed by atoms with E-state index in [4.69, 9.17) is 8.83 Å². The fourth-order valence-corrected chi connectivity index (χ4v) is 2.24. The molecule has 0 spiro atoms. The summed E-state index contributed by atoms with van der Waals surface area (Å²) in [6.07, 6.45) is 4.17. The number of carbonyl (C=O) groups excluding carboxylic acids is 2. The lowest BCUT2D eigenvalue weighted by Gasteiger charge is -1.97. The number of furan rings is 1. The standard InChI is InChI=1S/C13H10N4O4S/c1-7-5-14-13(22-7)17-10(18)8-6-21-12(15-8)16-11(19)9-3-2-4-20-9/h2-6H,1H3,(H,14,17,18)(H,15,16,19). The summed E-state index contributed by atoms with van der Waals surface area (Å²) in [5.41, 5.74) is 0.0302. The van der Waals surface area contributed by atoms with E-state index < -0.39 is 11.8 Å². The number of rotatable bonds is 4. The van der Waals surface area contributed by atoms with Gasteiger partial charge in [0.1, 0.15) is 6.26 Å². The highest BCUT2D eigenvalue weighted by atomic mass is 32.1. The van der Waals surface area contributed by atoms with Gasteiger partial charge in [-0.3, -0.25) is 20.2 Å². The molecule has 0 saturated carbocycles. The summed E-state index contributed by atoms with van der Waals surface area (Å²) in [6, 6.07) is 2.98. The van der Waals surface area contributed by atoms with Gasteiger partial charge in [0.15, 0.2) is 16.6 Å². The summed E-state index contributed by atoms with van der Waals surface area (Å²) in [4.78, 5) is 32.6. The number of anilines is 2. The topological polar surface area (TPSA) is 110 Å². The van der Waals surface area contributed by atoms with Crippen LogP contribution in [0, 0.1) is 6.92 Å². The van der Waals surface area contributed by atoms with E-state index in [-0.39, 0.29) is 17.5 Å². The lowest BCUT2D eigenvalue weighted by atomic mass is 10.4. The van der Waals surface area contributed by atoms with E-state index >= 15 is 0 Å². The van der Waals surface area contributed by atoms with Crippen LogP contribution in [0.3, 0.4) is 0 Å². The Kier molecular flexibility index (Phi) is 3.71. The molecule has 3 rings (SSSR count). The van der Waals surface area contributed by atoms with Crippen LogP contribution in [0.15, 0.2) is 39.7 Å². The maximum atomic E-state index is 12.0. The fourth-order valence-electron chi connectivity index (χ4n) is 1.58. The van der Waals surface area contributed by atoms with Crippen molar-refractivity contribution in [3.63, 3.8) is 0 Å². The molecule has 22 heavy (non-hydrogen) atoms. The molecule has 9 heteroatoms. The first kappa shape index (κ1) is 14.0. The van der Waals surface area contributed by atoms with Gasteiger partial charge in [0.2, 0.25) is 0 Å². The molecular weight excluding hydrogens is 308 g/mol. The van der Waals surface area contributed by atoms with Crippen LogP contribution in [0.5, 0.6) is 0 Å². The molecule has 0 saturated heterocycles. The highest BCUT2D eigenvalue weighted by Crippen LogP contribution is 2.18. The Morgan fingerprint density at radius 1 is 1.23 bits per heavy atom. The van der Waals surface area contributed by atoms with Crippen molar-refractivity contribution in [2.24, 2.45) is 0 Å². The van der Waals surface area contributed by atoms with Crippen molar-refractivity contribution in [1.82, 2.24) is 9.97 Å². The van der Waals surface area contributed by atoms with Crippen molar-refractivity contribution in [1.29, 1.82) is 0 Å². The predicted molar refractivity (Wildman–Crippen MR) is 78.0 cm³/mol. The van der Waals surface area contributed by atoms with E-state index in [1.165, 1.54) is 23.7 Å². The van der Waals surface area contributed by atoms with Crippen molar-refractivity contribution >= 4 is 34.3 Å². The predicted octanol–water partition coefficient (Wildman–Crippen LogP) is 2.54. The van der Waals surface area contributed by atoms with Crippen LogP contribution >= 0.6 is 11.3 Å². The van der Waals surface area contributed by atoms with Crippen molar-refractivity contribution in [3.05, 3.63) is 47.2 Å². The molecule has 3 aromatic heterocycles. The van der Waals surface area contributed by atoms with Gasteiger partial charge in [-0.15, -0.1) is 11.3 Å². The second kappa shape index (κ2) is 5.82. The van der Waals surface area contributed by atoms with E-state index in [9.17, 15) is 9.59 Å². The molecule has 2 amide bonds. The van der Waals surface area contributed by atoms with Gasteiger partial charge in [-0.2, -0.15) is 4.98 Å². The van der Waals surface area contributed by atoms with Gasteiger partial charge >= 0.3 is 6.01 Å². The first-order valence-electron chi connectivity index (χ1n) is 6.16. The van der Waals surface area contributed by atoms with E-state index in [0.717, 1.165) is 11.1 Å². The smallest absolute Gasteiger partial charge is 0.302 e. The lowest BCUT2D eigenvalue weighted by Crippen LogP contribution is -2.14. The number of aryl methyl sites for hydroxylation is 1. The second-order valence-electron chi connectivity index (χ2n) is 4.20. The Labute approximate surface area is 128 Å². The molecule has 0 radical (unpaired) electrons. The number of thiazole rings is 1. The number of hydrogen-bond acceptors (Lipinski definition) is 7. The Hall–Kier alpha value is -2.94. The number of amides is 2. The molecule has 0 aliphatic heterocycles. The van der Waals surface area contributed by atoms with Gasteiger partial charge in [-0.25, -0.2) is 4.98 Å². The molecule has 0 aromatic carbocycles. The SMILES string of the molecule is Cc1cnc(NC(=O)c2coc(NC(=O)c3ccco3)n2)s1. The zero-order valence-electron chi connectivity index (χ0n) is 11.3. The van der Waals surface area contributed by atoms with Gasteiger partial charge in [0.05, 0.1) is 6.26 Å². The maximum absolute atomic E-state index is 12.0. The normalized spacial score (nSPS) is 10.4. The molecule has 112 valence electrons. The fraction of sp³-hybridized carbons (Fsp3) is 0.0769. The van der Waals surface area contributed by atoms with Crippen LogP contribution in [0.1, 0.15) is 25.9 Å². The third-order valence-electron chi connectivity index (χ3n) is 2.54. The number of nitrogens with zero attached hydrogens (tertiary/aromatic N) is 2. The van der Waals surface area contributed by atoms with Gasteiger partial charge in [-0.1, -0.05) is 0 Å². The van der Waals surface area contributed by atoms with Crippen LogP contribution in [-0.4, -0.2) is 21.8 Å². The number of carbonyl (C=O) groups is 2. The van der Waals surface area contributed by atoms with Gasteiger partial charge < -0.3 is 8.83 Å². The molecule has 0 unspecified atom stereocenters. The van der Waals surface area contributed by atoms with Crippen LogP contribution in [-0.2, 0) is 0 Å². The van der Waals surface area contributed by atoms with Crippen LogP contribution in [0.4, 0.5) is 11.1 Å². The van der Waals surface area contributed by atoms with Crippen molar-refractivity contribution < 1.29 is 18.4 Å². The number of hydrogen-bond donors (Lipinski definition) is 2. The largest absolute Gasteiger partial charge is 0.459 e. The van der Waals surface area contributed by atoms with Crippen molar-refractivity contribution in [2.45, 2.75) is 6.92 Å². The Morgan fingerprint density at radius 3 is 2.77 bits per heavy atom. The zero-order valence-corrected chi connectivity index (χ0v) is 12.1. The summed E-state index contributed by atoms with van der Waals surface area (Å²) in [5.74, 6) is -0.881. The van der Waals surface area contributed by atoms with Crippen molar-refractivity contribution in [2.75, 3.05) is 10.6 Å². The minimum atomic E-state index is -0.519. The zero-order chi connectivity index (χ0) is 15.5. The number of nitrogens with one attached hydrogen (secondary N) is 2. The van der Waals surface area contributed by atoms with E-state index in [1.54, 1.807) is 12.3 Å². The van der Waals surface area contributed by atoms with Crippen molar-refractivity contribution in [3.8, 4) is 0 Å². The van der Waals surface area contributed by atoms with E-state index in [2.05, 4.69) is 20.6 Å². The molecule has 0 fully saturated rings. The Bertz CT molecular complexity index is 806. The van der Waals surface area contributed by atoms with Gasteiger partial charge in [0.25, 0.3) is 11.8 Å². The Morgan fingerprint density at radius 2 is 2.09 bits per heavy atom. The molecule has 2 N–H and O–H groups in total. The quantitative estimate of drug-likeness (QED) is 0.765. The Balaban J connectivity index is 1.65. The molecule has 8 nitrogen and oxygen atoms in total. The highest BCUT2D eigenvalue weighted by Gasteiger charge is 2.16. The summed E-state index contributed by atoms with van der Waals surface area (Å²) in [5, 5.41) is 5.44. The molecule has 3 heterocycles. The van der Waals surface area contributed by atoms with E-state index in [0.29, 0.717) is 5.13 Å². The summed E-state index contributed by atoms with van der Waals surface area (Å²) in [6.45, 7) is 1.88. The average Bonchev–Trinajstić information content (AvgIpc) is 3.20. The number of aromatic nitrogens is 2. The maximum Gasteiger partial charge on any atom is 0.302 e. The summed E-state index contributed by atoms with van der Waals surface area (Å²) in [7, 11) is 0. The first-order chi connectivity index (χ1) is 10.6. The summed E-state index contributed by atoms with van der Waals surface area (Å²) < 4.78 is 9.97. The minimum Gasteiger partial charge on any atom is -0.459 e. The average molecular weight is 318 g/mol. The highest BCUT2D eigenvalue weighted by molar-refractivity contribution is 7.15. The minimum absolute atomic E-state index is 0.0302. The lowest BCUT2D eigenvalue weighted by molar-refractivity contribution is 0.0990. The van der Waals surface area contributed by atoms with Crippen LogP contribution in [0.2, 0.25) is 0 Å². The van der Waals surface area contributed by atoms with Gasteiger partial charge in [-0.05, 0) is 19.1 Å². The molecule has 0 atom stereocenters. The summed E-state index contributed by atoms with van der Waals surface area (Å²) >= 11 is 1.34. The second-order valence-corrected chi connectivity index (χ2v) is 5.43. The number of oxazole rings is 1. The molecule has 0 bridgehead atoms. The molecular formula is C13H10N4O4S. The van der Waals surface area contributed by atoms with Crippen LogP contribution < -0.4 is 10.6 Å². The third kappa shape index (κ3) is 3.04. The first-order valence-corrected chi connectivity index (χ1v) is 6.97. The molecule has 0 aliphatic carbocycles. The molecule has 0 aliphatic rings. The van der Waals surface area contributed by atoms with E-state index in [1.807, 2.05) is 6.92 Å². The van der Waals surface area contributed by atoms with Crippen LogP contribution in [0.25, 0.3) is 0 Å².